The third kappa shape index (κ3) is 4.80. The molecule has 5 heteroatoms. The third-order valence-electron chi connectivity index (χ3n) is 4.50. The van der Waals surface area contributed by atoms with Crippen LogP contribution in [0.3, 0.4) is 0 Å². The summed E-state index contributed by atoms with van der Waals surface area (Å²) in [5.41, 5.74) is 1.33. The highest BCUT2D eigenvalue weighted by molar-refractivity contribution is 9.10. The molecule has 2 rings (SSSR count). The standard InChI is InChI=1S/C17H25BrN2O2/c1-3-20(11-17(21)22)16-8-15(9-16)19-10-12(2)13-5-4-6-14(18)7-13/h4-7,12,15-16,19H,3,8-11H2,1-2H3,(H,21,22). The molecule has 0 saturated heterocycles. The van der Waals surface area contributed by atoms with E-state index >= 15 is 0 Å². The largest absolute Gasteiger partial charge is 0.480 e. The predicted octanol–water partition coefficient (Wildman–Crippen LogP) is 3.08. The molecule has 1 aromatic carbocycles. The van der Waals surface area contributed by atoms with E-state index in [4.69, 9.17) is 5.11 Å². The Morgan fingerprint density at radius 1 is 1.50 bits per heavy atom. The Morgan fingerprint density at radius 3 is 2.82 bits per heavy atom. The van der Waals surface area contributed by atoms with Crippen LogP contribution in [0.25, 0.3) is 0 Å². The summed E-state index contributed by atoms with van der Waals surface area (Å²) in [5.74, 6) is -0.264. The summed E-state index contributed by atoms with van der Waals surface area (Å²) in [7, 11) is 0. The lowest BCUT2D eigenvalue weighted by atomic mass is 9.85. The van der Waals surface area contributed by atoms with E-state index in [1.807, 2.05) is 13.0 Å². The normalized spacial score (nSPS) is 22.4. The maximum atomic E-state index is 10.8. The van der Waals surface area contributed by atoms with Gasteiger partial charge in [0, 0.05) is 23.1 Å². The van der Waals surface area contributed by atoms with Gasteiger partial charge in [-0.2, -0.15) is 0 Å². The van der Waals surface area contributed by atoms with Crippen molar-refractivity contribution in [3.8, 4) is 0 Å². The molecule has 1 aromatic rings. The van der Waals surface area contributed by atoms with Crippen LogP contribution in [0.2, 0.25) is 0 Å². The van der Waals surface area contributed by atoms with Gasteiger partial charge in [-0.1, -0.05) is 41.9 Å². The Hall–Kier alpha value is -0.910. The molecule has 0 radical (unpaired) electrons. The Labute approximate surface area is 141 Å². The van der Waals surface area contributed by atoms with Crippen LogP contribution >= 0.6 is 15.9 Å². The minimum Gasteiger partial charge on any atom is -0.480 e. The molecule has 0 spiro atoms. The second-order valence-electron chi connectivity index (χ2n) is 6.14. The van der Waals surface area contributed by atoms with Crippen molar-refractivity contribution >= 4 is 21.9 Å². The lowest BCUT2D eigenvalue weighted by Crippen LogP contribution is -2.54. The monoisotopic (exact) mass is 368 g/mol. The van der Waals surface area contributed by atoms with Crippen molar-refractivity contribution in [1.29, 1.82) is 0 Å². The van der Waals surface area contributed by atoms with Gasteiger partial charge in [0.05, 0.1) is 6.54 Å². The van der Waals surface area contributed by atoms with Crippen LogP contribution in [0.4, 0.5) is 0 Å². The minimum atomic E-state index is -0.735. The van der Waals surface area contributed by atoms with Crippen molar-refractivity contribution < 1.29 is 9.90 Å². The first-order valence-electron chi connectivity index (χ1n) is 7.94. The van der Waals surface area contributed by atoms with Crippen LogP contribution in [-0.4, -0.2) is 47.7 Å². The summed E-state index contributed by atoms with van der Waals surface area (Å²) in [4.78, 5) is 12.9. The van der Waals surface area contributed by atoms with Crippen molar-refractivity contribution in [2.24, 2.45) is 0 Å². The number of aliphatic carboxylic acids is 1. The molecule has 122 valence electrons. The van der Waals surface area contributed by atoms with Gasteiger partial charge in [0.15, 0.2) is 0 Å². The van der Waals surface area contributed by atoms with E-state index in [1.165, 1.54) is 5.56 Å². The van der Waals surface area contributed by atoms with Crippen LogP contribution in [0.15, 0.2) is 28.7 Å². The van der Waals surface area contributed by atoms with Gasteiger partial charge in [0.2, 0.25) is 0 Å². The first kappa shape index (κ1) is 17.4. The number of likely N-dealkylation sites (N-methyl/N-ethyl adjacent to an activating group) is 1. The molecule has 0 bridgehead atoms. The van der Waals surface area contributed by atoms with Crippen molar-refractivity contribution in [1.82, 2.24) is 10.2 Å². The summed E-state index contributed by atoms with van der Waals surface area (Å²) in [6, 6.07) is 9.37. The molecule has 1 aliphatic carbocycles. The summed E-state index contributed by atoms with van der Waals surface area (Å²) in [6.07, 6.45) is 2.10. The maximum absolute atomic E-state index is 10.8. The smallest absolute Gasteiger partial charge is 0.317 e. The summed E-state index contributed by atoms with van der Waals surface area (Å²) >= 11 is 3.51. The number of halogens is 1. The first-order valence-corrected chi connectivity index (χ1v) is 8.73. The Balaban J connectivity index is 1.72. The number of hydrogen-bond acceptors (Lipinski definition) is 3. The van der Waals surface area contributed by atoms with Gasteiger partial charge in [-0.25, -0.2) is 0 Å². The molecule has 4 nitrogen and oxygen atoms in total. The summed E-state index contributed by atoms with van der Waals surface area (Å²) in [6.45, 7) is 6.17. The lowest BCUT2D eigenvalue weighted by Gasteiger charge is -2.42. The Kier molecular flexibility index (Phi) is 6.41. The van der Waals surface area contributed by atoms with Crippen LogP contribution in [0.1, 0.15) is 38.2 Å². The van der Waals surface area contributed by atoms with Gasteiger partial charge in [-0.05, 0) is 43.0 Å². The van der Waals surface area contributed by atoms with E-state index in [-0.39, 0.29) is 6.54 Å². The molecule has 0 aromatic heterocycles. The average molecular weight is 369 g/mol. The number of rotatable bonds is 8. The van der Waals surface area contributed by atoms with E-state index < -0.39 is 5.97 Å². The molecule has 1 unspecified atom stereocenters. The maximum Gasteiger partial charge on any atom is 0.317 e. The van der Waals surface area contributed by atoms with E-state index in [9.17, 15) is 4.79 Å². The predicted molar refractivity (Wildman–Crippen MR) is 92.3 cm³/mol. The number of carboxylic acid groups (broad SMARTS) is 1. The molecule has 1 fully saturated rings. The number of benzene rings is 1. The lowest BCUT2D eigenvalue weighted by molar-refractivity contribution is -0.139. The number of nitrogens with one attached hydrogen (secondary N) is 1. The fourth-order valence-corrected chi connectivity index (χ4v) is 3.42. The highest BCUT2D eigenvalue weighted by Gasteiger charge is 2.33. The molecule has 0 amide bonds. The van der Waals surface area contributed by atoms with Crippen molar-refractivity contribution in [2.75, 3.05) is 19.6 Å². The zero-order valence-corrected chi connectivity index (χ0v) is 14.8. The number of carbonyl (C=O) groups is 1. The molecule has 2 N–H and O–H groups in total. The van der Waals surface area contributed by atoms with Gasteiger partial charge in [-0.15, -0.1) is 0 Å². The van der Waals surface area contributed by atoms with Crippen molar-refractivity contribution in [3.63, 3.8) is 0 Å². The number of nitrogens with zero attached hydrogens (tertiary/aromatic N) is 1. The second kappa shape index (κ2) is 8.09. The highest BCUT2D eigenvalue weighted by Crippen LogP contribution is 2.26. The molecule has 22 heavy (non-hydrogen) atoms. The van der Waals surface area contributed by atoms with Crippen LogP contribution in [0.5, 0.6) is 0 Å². The van der Waals surface area contributed by atoms with Crippen LogP contribution in [0, 0.1) is 0 Å². The quantitative estimate of drug-likeness (QED) is 0.740. The third-order valence-corrected chi connectivity index (χ3v) is 5.00. The van der Waals surface area contributed by atoms with Gasteiger partial charge in [0.25, 0.3) is 0 Å². The second-order valence-corrected chi connectivity index (χ2v) is 7.06. The van der Waals surface area contributed by atoms with Gasteiger partial charge in [-0.3, -0.25) is 9.69 Å². The molecule has 1 atom stereocenters. The topological polar surface area (TPSA) is 52.6 Å². The zero-order chi connectivity index (χ0) is 16.1. The van der Waals surface area contributed by atoms with Crippen LogP contribution < -0.4 is 5.32 Å². The summed E-state index contributed by atoms with van der Waals surface area (Å²) < 4.78 is 1.12. The molecular formula is C17H25BrN2O2. The van der Waals surface area contributed by atoms with Crippen molar-refractivity contribution in [2.45, 2.75) is 44.7 Å². The Morgan fingerprint density at radius 2 is 2.23 bits per heavy atom. The van der Waals surface area contributed by atoms with Gasteiger partial charge in [0.1, 0.15) is 0 Å². The first-order chi connectivity index (χ1) is 10.5. The highest BCUT2D eigenvalue weighted by atomic mass is 79.9. The molecule has 0 heterocycles. The van der Waals surface area contributed by atoms with Gasteiger partial charge < -0.3 is 10.4 Å². The Bertz CT molecular complexity index is 503. The fraction of sp³-hybridized carbons (Fsp3) is 0.588. The SMILES string of the molecule is CCN(CC(=O)O)C1CC(NCC(C)c2cccc(Br)c2)C1. The summed E-state index contributed by atoms with van der Waals surface area (Å²) in [5, 5.41) is 12.5. The fourth-order valence-electron chi connectivity index (χ4n) is 3.00. The molecule has 1 saturated carbocycles. The number of carboxylic acids is 1. The van der Waals surface area contributed by atoms with Crippen molar-refractivity contribution in [3.05, 3.63) is 34.3 Å². The van der Waals surface area contributed by atoms with E-state index in [1.54, 1.807) is 0 Å². The number of hydrogen-bond donors (Lipinski definition) is 2. The van der Waals surface area contributed by atoms with Crippen LogP contribution in [-0.2, 0) is 4.79 Å². The zero-order valence-electron chi connectivity index (χ0n) is 13.3. The average Bonchev–Trinajstić information content (AvgIpc) is 2.43. The molecule has 0 aliphatic heterocycles. The molecular weight excluding hydrogens is 344 g/mol. The molecule has 1 aliphatic rings. The van der Waals surface area contributed by atoms with E-state index in [0.29, 0.717) is 18.0 Å². The van der Waals surface area contributed by atoms with E-state index in [2.05, 4.69) is 51.3 Å². The minimum absolute atomic E-state index is 0.155. The van der Waals surface area contributed by atoms with E-state index in [0.717, 1.165) is 30.4 Å². The van der Waals surface area contributed by atoms with Gasteiger partial charge >= 0.3 is 5.97 Å².